The molecule has 2 aromatic heterocycles. The number of piperazine rings is 1. The van der Waals surface area contributed by atoms with E-state index in [2.05, 4.69) is 26.4 Å². The second-order valence-corrected chi connectivity index (χ2v) is 13.1. The Morgan fingerprint density at radius 2 is 2.00 bits per heavy atom. The van der Waals surface area contributed by atoms with E-state index in [0.29, 0.717) is 29.3 Å². The maximum Gasteiger partial charge on any atom is 0.319 e. The summed E-state index contributed by atoms with van der Waals surface area (Å²) in [6, 6.07) is 9.28. The van der Waals surface area contributed by atoms with Gasteiger partial charge < -0.3 is 14.5 Å². The van der Waals surface area contributed by atoms with Crippen LogP contribution in [-0.4, -0.2) is 88.2 Å². The van der Waals surface area contributed by atoms with E-state index in [4.69, 9.17) is 16.3 Å². The molecule has 2 saturated heterocycles. The molecule has 2 bridgehead atoms. The summed E-state index contributed by atoms with van der Waals surface area (Å²) >= 11 is 6.38. The van der Waals surface area contributed by atoms with Crippen molar-refractivity contribution < 1.29 is 27.1 Å². The molecule has 14 heteroatoms. The van der Waals surface area contributed by atoms with Crippen LogP contribution < -0.4 is 9.64 Å². The van der Waals surface area contributed by atoms with E-state index in [-0.39, 0.29) is 77.7 Å². The fraction of sp³-hybridized carbons (Fsp3) is 0.400. The number of nitrogens with zero attached hydrogens (tertiary/aromatic N) is 7. The molecule has 0 spiro atoms. The maximum atomic E-state index is 16.8. The minimum atomic E-state index is -1.13. The molecule has 1 amide bonds. The largest absolute Gasteiger partial charge is 0.462 e. The van der Waals surface area contributed by atoms with Crippen molar-refractivity contribution >= 4 is 45.0 Å². The number of nitriles is 1. The zero-order chi connectivity index (χ0) is 34.4. The lowest BCUT2D eigenvalue weighted by atomic mass is 9.99. The van der Waals surface area contributed by atoms with Crippen LogP contribution in [0.3, 0.4) is 0 Å². The van der Waals surface area contributed by atoms with Crippen molar-refractivity contribution in [3.05, 3.63) is 65.6 Å². The van der Waals surface area contributed by atoms with Gasteiger partial charge in [0.15, 0.2) is 11.6 Å². The molecule has 1 saturated carbocycles. The Kier molecular flexibility index (Phi) is 9.02. The number of alkyl halides is 1. The smallest absolute Gasteiger partial charge is 0.319 e. The number of aromatic nitrogens is 3. The van der Waals surface area contributed by atoms with E-state index in [1.165, 1.54) is 17.2 Å². The third-order valence-electron chi connectivity index (χ3n) is 10.0. The Bertz CT molecular complexity index is 2010. The number of rotatable bonds is 9. The summed E-state index contributed by atoms with van der Waals surface area (Å²) in [7, 11) is 0. The number of carbonyl (C=O) groups excluding carboxylic acids is 1. The number of piperidine rings is 1. The fourth-order valence-electron chi connectivity index (χ4n) is 7.79. The highest BCUT2D eigenvalue weighted by Gasteiger charge is 2.46. The van der Waals surface area contributed by atoms with E-state index in [1.54, 1.807) is 29.2 Å². The van der Waals surface area contributed by atoms with Crippen molar-refractivity contribution in [1.29, 1.82) is 5.26 Å². The quantitative estimate of drug-likeness (QED) is 0.147. The summed E-state index contributed by atoms with van der Waals surface area (Å²) in [5.41, 5.74) is 0.0405. The van der Waals surface area contributed by atoms with Crippen molar-refractivity contribution in [2.75, 3.05) is 44.4 Å². The number of hydrogen-bond acceptors (Lipinski definition) is 8. The SMILES string of the molecule is C=C(F)C(=O)N1CCN(c2nc(OC[C@H]3C4CCC(C4)N3CCF)nc3c(F)c(-c4cccc5ccc(F)c(Cl)c45)ncc23)C[C@@H]1CC#N. The second kappa shape index (κ2) is 13.4. The first-order chi connectivity index (χ1) is 23.7. The van der Waals surface area contributed by atoms with E-state index in [1.807, 2.05) is 6.07 Å². The number of ether oxygens (including phenoxy) is 1. The number of hydrogen-bond donors (Lipinski definition) is 0. The minimum absolute atomic E-state index is 0.0488. The lowest BCUT2D eigenvalue weighted by Gasteiger charge is -2.41. The van der Waals surface area contributed by atoms with Crippen LogP contribution in [-0.2, 0) is 4.79 Å². The standard InChI is InChI=1S/C35H32ClF4N7O2/c1-19(38)34(48)47-14-13-45(17-23(47)9-11-41)33-25-16-42-31(24-4-2-3-20-6-8-26(39)29(36)28(20)24)30(40)32(25)43-35(44-33)49-18-27-21-5-7-22(15-21)46(27)12-10-37/h2-4,6,8,16,21-23,27H,1,5,7,9-10,12-15,17-18H2/t21?,22?,23-,27-/m0/s1. The molecule has 2 aliphatic heterocycles. The highest BCUT2D eigenvalue weighted by atomic mass is 35.5. The van der Waals surface area contributed by atoms with E-state index in [0.717, 1.165) is 19.3 Å². The number of amides is 1. The predicted molar refractivity (Wildman–Crippen MR) is 176 cm³/mol. The Labute approximate surface area is 284 Å². The molecule has 1 aliphatic carbocycles. The summed E-state index contributed by atoms with van der Waals surface area (Å²) < 4.78 is 64.8. The first-order valence-electron chi connectivity index (χ1n) is 16.1. The second-order valence-electron chi connectivity index (χ2n) is 12.7. The number of carbonyl (C=O) groups is 1. The van der Waals surface area contributed by atoms with E-state index in [9.17, 15) is 23.2 Å². The third-order valence-corrected chi connectivity index (χ3v) is 10.4. The average Bonchev–Trinajstić information content (AvgIpc) is 3.71. The van der Waals surface area contributed by atoms with Gasteiger partial charge in [-0.1, -0.05) is 42.4 Å². The molecule has 2 unspecified atom stereocenters. The van der Waals surface area contributed by atoms with Crippen LogP contribution in [0.25, 0.3) is 32.9 Å². The fourth-order valence-corrected chi connectivity index (χ4v) is 8.07. The lowest BCUT2D eigenvalue weighted by Crippen LogP contribution is -2.55. The van der Waals surface area contributed by atoms with Crippen LogP contribution in [0.1, 0.15) is 25.7 Å². The summed E-state index contributed by atoms with van der Waals surface area (Å²) in [6.07, 6.45) is 4.31. The number of benzene rings is 2. The molecule has 2 aromatic carbocycles. The number of halogens is 5. The molecule has 4 aromatic rings. The van der Waals surface area contributed by atoms with Gasteiger partial charge in [0.2, 0.25) is 0 Å². The van der Waals surface area contributed by atoms with Crippen LogP contribution in [0, 0.1) is 28.9 Å². The van der Waals surface area contributed by atoms with Gasteiger partial charge in [-0.3, -0.25) is 14.7 Å². The summed E-state index contributed by atoms with van der Waals surface area (Å²) in [4.78, 5) is 31.3. The number of anilines is 1. The van der Waals surface area contributed by atoms with Crippen molar-refractivity contribution in [3.8, 4) is 23.3 Å². The number of pyridine rings is 1. The molecule has 3 aliphatic rings. The Morgan fingerprint density at radius 1 is 1.16 bits per heavy atom. The van der Waals surface area contributed by atoms with Gasteiger partial charge in [0.05, 0.1) is 28.9 Å². The van der Waals surface area contributed by atoms with Gasteiger partial charge in [-0.2, -0.15) is 15.2 Å². The van der Waals surface area contributed by atoms with Gasteiger partial charge in [0.1, 0.15) is 36.1 Å². The van der Waals surface area contributed by atoms with Crippen molar-refractivity contribution in [3.63, 3.8) is 0 Å². The molecule has 4 heterocycles. The molecule has 254 valence electrons. The molecular formula is C35H32ClF4N7O2. The normalized spacial score (nSPS) is 22.2. The van der Waals surface area contributed by atoms with Crippen molar-refractivity contribution in [1.82, 2.24) is 24.8 Å². The summed E-state index contributed by atoms with van der Waals surface area (Å²) in [5, 5.41) is 10.5. The van der Waals surface area contributed by atoms with Crippen molar-refractivity contribution in [2.45, 2.75) is 43.8 Å². The van der Waals surface area contributed by atoms with Gasteiger partial charge in [-0.15, -0.1) is 0 Å². The minimum Gasteiger partial charge on any atom is -0.462 e. The van der Waals surface area contributed by atoms with E-state index >= 15 is 4.39 Å². The first kappa shape index (κ1) is 33.0. The van der Waals surface area contributed by atoms with Gasteiger partial charge in [0.25, 0.3) is 5.91 Å². The van der Waals surface area contributed by atoms with Crippen LogP contribution in [0.2, 0.25) is 5.02 Å². The van der Waals surface area contributed by atoms with Crippen molar-refractivity contribution in [2.24, 2.45) is 5.92 Å². The number of likely N-dealkylation sites (tertiary alicyclic amines) is 1. The van der Waals surface area contributed by atoms with Crippen LogP contribution >= 0.6 is 11.6 Å². The van der Waals surface area contributed by atoms with Crippen LogP contribution in [0.5, 0.6) is 6.01 Å². The molecule has 7 rings (SSSR count). The van der Waals surface area contributed by atoms with Gasteiger partial charge in [0, 0.05) is 55.4 Å². The van der Waals surface area contributed by atoms with E-state index < -0.39 is 36.1 Å². The highest BCUT2D eigenvalue weighted by molar-refractivity contribution is 6.36. The highest BCUT2D eigenvalue weighted by Crippen LogP contribution is 2.43. The zero-order valence-corrected chi connectivity index (χ0v) is 27.1. The Hall–Kier alpha value is -4.54. The van der Waals surface area contributed by atoms with Gasteiger partial charge in [-0.25, -0.2) is 17.6 Å². The Balaban J connectivity index is 1.32. The summed E-state index contributed by atoms with van der Waals surface area (Å²) in [5.74, 6) is -2.91. The Morgan fingerprint density at radius 3 is 2.78 bits per heavy atom. The molecule has 0 N–H and O–H groups in total. The van der Waals surface area contributed by atoms with Gasteiger partial charge >= 0.3 is 6.01 Å². The number of fused-ring (bicyclic) bond motifs is 4. The molecule has 3 fully saturated rings. The first-order valence-corrected chi connectivity index (χ1v) is 16.5. The topological polar surface area (TPSA) is 98.5 Å². The zero-order valence-electron chi connectivity index (χ0n) is 26.4. The third kappa shape index (κ3) is 5.91. The molecule has 0 radical (unpaired) electrons. The molecule has 4 atom stereocenters. The van der Waals surface area contributed by atoms with Gasteiger partial charge in [-0.05, 0) is 36.6 Å². The lowest BCUT2D eigenvalue weighted by molar-refractivity contribution is -0.131. The van der Waals surface area contributed by atoms with Crippen LogP contribution in [0.15, 0.2) is 48.9 Å². The predicted octanol–water partition coefficient (Wildman–Crippen LogP) is 6.39. The van der Waals surface area contributed by atoms with Crippen LogP contribution in [0.4, 0.5) is 23.4 Å². The molecular weight excluding hydrogens is 662 g/mol. The maximum absolute atomic E-state index is 16.8. The average molecular weight is 694 g/mol. The molecule has 49 heavy (non-hydrogen) atoms. The molecule has 9 nitrogen and oxygen atoms in total. The monoisotopic (exact) mass is 693 g/mol. The summed E-state index contributed by atoms with van der Waals surface area (Å²) in [6.45, 7) is 3.40.